The number of fused-ring (bicyclic) bond motifs is 1. The Morgan fingerprint density at radius 1 is 1.20 bits per heavy atom. The van der Waals surface area contributed by atoms with Crippen molar-refractivity contribution < 1.29 is 9.52 Å². The SMILES string of the molecule is O=c1cc(CSc2nc3c(n2-c2ccccc2)CCCC3)occ1O. The first-order valence-corrected chi connectivity index (χ1v) is 9.30. The fourth-order valence-electron chi connectivity index (χ4n) is 3.11. The van der Waals surface area contributed by atoms with Gasteiger partial charge in [0.15, 0.2) is 10.9 Å². The van der Waals surface area contributed by atoms with Crippen molar-refractivity contribution in [2.24, 2.45) is 0 Å². The standard InChI is InChI=1S/C19H18N2O3S/c22-17-10-14(24-11-18(17)23)12-25-19-20-15-8-4-5-9-16(15)21(19)13-6-2-1-3-7-13/h1-3,6-7,10-11,23H,4-5,8-9,12H2. The highest BCUT2D eigenvalue weighted by Crippen LogP contribution is 2.32. The number of aryl methyl sites for hydroxylation is 1. The fourth-order valence-corrected chi connectivity index (χ4v) is 4.05. The van der Waals surface area contributed by atoms with Gasteiger partial charge in [-0.25, -0.2) is 4.98 Å². The molecule has 0 saturated heterocycles. The lowest BCUT2D eigenvalue weighted by Crippen LogP contribution is -2.07. The van der Waals surface area contributed by atoms with Crippen LogP contribution in [0, 0.1) is 0 Å². The maximum Gasteiger partial charge on any atom is 0.226 e. The molecule has 0 amide bonds. The molecule has 1 aliphatic rings. The van der Waals surface area contributed by atoms with Crippen LogP contribution in [0.5, 0.6) is 5.75 Å². The highest BCUT2D eigenvalue weighted by atomic mass is 32.2. The fraction of sp³-hybridized carbons (Fsp3) is 0.263. The number of aromatic nitrogens is 2. The van der Waals surface area contributed by atoms with Crippen LogP contribution in [0.4, 0.5) is 0 Å². The van der Waals surface area contributed by atoms with Crippen LogP contribution in [-0.2, 0) is 18.6 Å². The molecule has 6 heteroatoms. The molecule has 128 valence electrons. The first-order valence-electron chi connectivity index (χ1n) is 8.32. The third-order valence-corrected chi connectivity index (χ3v) is 5.29. The number of thioether (sulfide) groups is 1. The van der Waals surface area contributed by atoms with Crippen molar-refractivity contribution in [2.45, 2.75) is 36.6 Å². The summed E-state index contributed by atoms with van der Waals surface area (Å²) in [6.45, 7) is 0. The van der Waals surface area contributed by atoms with E-state index in [9.17, 15) is 9.90 Å². The van der Waals surface area contributed by atoms with Crippen molar-refractivity contribution in [3.63, 3.8) is 0 Å². The van der Waals surface area contributed by atoms with Gasteiger partial charge < -0.3 is 9.52 Å². The zero-order chi connectivity index (χ0) is 17.2. The van der Waals surface area contributed by atoms with E-state index in [0.29, 0.717) is 11.5 Å². The van der Waals surface area contributed by atoms with E-state index in [0.717, 1.165) is 29.9 Å². The highest BCUT2D eigenvalue weighted by molar-refractivity contribution is 7.98. The number of hydrogen-bond acceptors (Lipinski definition) is 5. The van der Waals surface area contributed by atoms with Gasteiger partial charge in [-0.15, -0.1) is 0 Å². The average Bonchev–Trinajstić information content (AvgIpc) is 3.02. The molecule has 0 unspecified atom stereocenters. The molecular formula is C19H18N2O3S. The van der Waals surface area contributed by atoms with E-state index in [1.165, 1.54) is 30.3 Å². The molecule has 5 nitrogen and oxygen atoms in total. The van der Waals surface area contributed by atoms with Crippen LogP contribution < -0.4 is 5.43 Å². The van der Waals surface area contributed by atoms with Gasteiger partial charge in [0.05, 0.1) is 11.4 Å². The molecular weight excluding hydrogens is 336 g/mol. The summed E-state index contributed by atoms with van der Waals surface area (Å²) in [4.78, 5) is 16.4. The van der Waals surface area contributed by atoms with Gasteiger partial charge in [-0.2, -0.15) is 0 Å². The van der Waals surface area contributed by atoms with Crippen LogP contribution in [0.15, 0.2) is 57.0 Å². The highest BCUT2D eigenvalue weighted by Gasteiger charge is 2.21. The second-order valence-electron chi connectivity index (χ2n) is 6.05. The lowest BCUT2D eigenvalue weighted by Gasteiger charge is -2.15. The van der Waals surface area contributed by atoms with Crippen LogP contribution in [0.3, 0.4) is 0 Å². The van der Waals surface area contributed by atoms with Crippen LogP contribution in [0.25, 0.3) is 5.69 Å². The number of rotatable bonds is 4. The molecule has 0 atom stereocenters. The Morgan fingerprint density at radius 2 is 2.00 bits per heavy atom. The molecule has 3 aromatic rings. The minimum absolute atomic E-state index is 0.366. The molecule has 4 rings (SSSR count). The minimum atomic E-state index is -0.424. The second kappa shape index (κ2) is 6.80. The molecule has 1 N–H and O–H groups in total. The number of benzene rings is 1. The van der Waals surface area contributed by atoms with Crippen LogP contribution >= 0.6 is 11.8 Å². The van der Waals surface area contributed by atoms with Crippen molar-refractivity contribution in [1.29, 1.82) is 0 Å². The Labute approximate surface area is 149 Å². The predicted molar refractivity (Wildman–Crippen MR) is 96.4 cm³/mol. The summed E-state index contributed by atoms with van der Waals surface area (Å²) in [6, 6.07) is 11.6. The largest absolute Gasteiger partial charge is 0.502 e. The molecule has 0 spiro atoms. The zero-order valence-corrected chi connectivity index (χ0v) is 14.5. The van der Waals surface area contributed by atoms with E-state index >= 15 is 0 Å². The van der Waals surface area contributed by atoms with Crippen LogP contribution in [0.2, 0.25) is 0 Å². The van der Waals surface area contributed by atoms with Gasteiger partial charge in [0, 0.05) is 17.4 Å². The van der Waals surface area contributed by atoms with Gasteiger partial charge >= 0.3 is 0 Å². The van der Waals surface area contributed by atoms with E-state index < -0.39 is 5.43 Å². The summed E-state index contributed by atoms with van der Waals surface area (Å²) >= 11 is 1.54. The third-order valence-electron chi connectivity index (χ3n) is 4.33. The molecule has 0 radical (unpaired) electrons. The first kappa shape index (κ1) is 16.0. The molecule has 2 aromatic heterocycles. The Bertz CT molecular complexity index is 947. The molecule has 1 aromatic carbocycles. The number of nitrogens with zero attached hydrogens (tertiary/aromatic N) is 2. The average molecular weight is 354 g/mol. The van der Waals surface area contributed by atoms with E-state index in [4.69, 9.17) is 9.40 Å². The van der Waals surface area contributed by atoms with E-state index in [2.05, 4.69) is 16.7 Å². The maximum absolute atomic E-state index is 11.6. The Balaban J connectivity index is 1.68. The topological polar surface area (TPSA) is 68.3 Å². The Hall–Kier alpha value is -2.47. The Kier molecular flexibility index (Phi) is 4.36. The summed E-state index contributed by atoms with van der Waals surface area (Å²) < 4.78 is 7.52. The first-order chi connectivity index (χ1) is 12.2. The quantitative estimate of drug-likeness (QED) is 0.724. The molecule has 0 aliphatic heterocycles. The number of hydrogen-bond donors (Lipinski definition) is 1. The normalized spacial score (nSPS) is 13.6. The zero-order valence-electron chi connectivity index (χ0n) is 13.6. The van der Waals surface area contributed by atoms with E-state index in [1.54, 1.807) is 11.8 Å². The lowest BCUT2D eigenvalue weighted by atomic mass is 10.0. The summed E-state index contributed by atoms with van der Waals surface area (Å²) in [6.07, 6.45) is 5.49. The number of imidazole rings is 1. The van der Waals surface area contributed by atoms with E-state index in [1.807, 2.05) is 18.2 Å². The predicted octanol–water partition coefficient (Wildman–Crippen LogP) is 3.70. The number of para-hydroxylation sites is 1. The second-order valence-corrected chi connectivity index (χ2v) is 6.99. The van der Waals surface area contributed by atoms with Gasteiger partial charge in [-0.05, 0) is 37.8 Å². The van der Waals surface area contributed by atoms with Crippen molar-refractivity contribution in [3.05, 3.63) is 70.0 Å². The van der Waals surface area contributed by atoms with Crippen molar-refractivity contribution in [1.82, 2.24) is 9.55 Å². The summed E-state index contributed by atoms with van der Waals surface area (Å²) in [5.41, 5.74) is 3.14. The molecule has 1 aliphatic carbocycles. The molecule has 0 fully saturated rings. The van der Waals surface area contributed by atoms with Gasteiger partial charge in [0.2, 0.25) is 5.43 Å². The van der Waals surface area contributed by atoms with Gasteiger partial charge in [0.25, 0.3) is 0 Å². The number of aromatic hydroxyl groups is 1. The summed E-state index contributed by atoms with van der Waals surface area (Å²) in [5, 5.41) is 10.2. The monoisotopic (exact) mass is 354 g/mol. The van der Waals surface area contributed by atoms with Crippen LogP contribution in [0.1, 0.15) is 30.0 Å². The lowest BCUT2D eigenvalue weighted by molar-refractivity contribution is 0.419. The Morgan fingerprint density at radius 3 is 2.80 bits per heavy atom. The smallest absolute Gasteiger partial charge is 0.226 e. The molecule has 2 heterocycles. The van der Waals surface area contributed by atoms with Crippen molar-refractivity contribution in [2.75, 3.05) is 0 Å². The molecule has 0 bridgehead atoms. The van der Waals surface area contributed by atoms with Crippen molar-refractivity contribution >= 4 is 11.8 Å². The maximum atomic E-state index is 11.6. The summed E-state index contributed by atoms with van der Waals surface area (Å²) in [5.74, 6) is 0.640. The molecule has 0 saturated carbocycles. The minimum Gasteiger partial charge on any atom is -0.502 e. The van der Waals surface area contributed by atoms with Crippen molar-refractivity contribution in [3.8, 4) is 11.4 Å². The van der Waals surface area contributed by atoms with Gasteiger partial charge in [-0.1, -0.05) is 30.0 Å². The summed E-state index contributed by atoms with van der Waals surface area (Å²) in [7, 11) is 0. The van der Waals surface area contributed by atoms with E-state index in [-0.39, 0.29) is 5.75 Å². The van der Waals surface area contributed by atoms with Gasteiger partial charge in [0.1, 0.15) is 12.0 Å². The van der Waals surface area contributed by atoms with Gasteiger partial charge in [-0.3, -0.25) is 9.36 Å². The molecule has 25 heavy (non-hydrogen) atoms. The van der Waals surface area contributed by atoms with Crippen LogP contribution in [-0.4, -0.2) is 14.7 Å². The third kappa shape index (κ3) is 3.22.